The van der Waals surface area contributed by atoms with Crippen LogP contribution in [0.2, 0.25) is 0 Å². The molecule has 2 amide bonds. The zero-order valence-corrected chi connectivity index (χ0v) is 22.5. The summed E-state index contributed by atoms with van der Waals surface area (Å²) in [6.45, 7) is 2.99. The van der Waals surface area contributed by atoms with Gasteiger partial charge in [-0.05, 0) is 48.4 Å². The van der Waals surface area contributed by atoms with E-state index in [1.807, 2.05) is 13.8 Å². The number of ketones is 2. The number of phenolic OH excluding ortho intramolecular Hbond substituents is 1. The number of amides is 2. The number of aliphatic carboxylic acids is 1. The van der Waals surface area contributed by atoms with Crippen molar-refractivity contribution in [1.29, 1.82) is 0 Å². The van der Waals surface area contributed by atoms with Crippen LogP contribution in [0.15, 0.2) is 54.6 Å². The first-order valence-corrected chi connectivity index (χ1v) is 12.8. The molecule has 0 saturated heterocycles. The van der Waals surface area contributed by atoms with Gasteiger partial charge in [0, 0.05) is 0 Å². The van der Waals surface area contributed by atoms with E-state index in [1.165, 1.54) is 12.1 Å². The van der Waals surface area contributed by atoms with E-state index in [4.69, 9.17) is 11.5 Å². The van der Waals surface area contributed by atoms with Crippen LogP contribution in [0, 0.1) is 5.92 Å². The third-order valence-electron chi connectivity index (χ3n) is 6.01. The smallest absolute Gasteiger partial charge is 0.326 e. The number of nitrogens with one attached hydrogen (secondary N) is 3. The summed E-state index contributed by atoms with van der Waals surface area (Å²) >= 11 is 0. The fraction of sp³-hybridized carbons (Fsp3) is 0.393. The Labute approximate surface area is 232 Å². The second kappa shape index (κ2) is 15.5. The molecule has 0 spiro atoms. The maximum atomic E-state index is 13.1. The van der Waals surface area contributed by atoms with Crippen molar-refractivity contribution in [3.8, 4) is 5.75 Å². The molecule has 216 valence electrons. The van der Waals surface area contributed by atoms with Crippen LogP contribution >= 0.6 is 0 Å². The van der Waals surface area contributed by atoms with Crippen LogP contribution in [-0.2, 0) is 36.8 Å². The van der Waals surface area contributed by atoms with Crippen molar-refractivity contribution in [1.82, 2.24) is 16.0 Å². The summed E-state index contributed by atoms with van der Waals surface area (Å²) in [5, 5.41) is 26.3. The molecule has 0 fully saturated rings. The summed E-state index contributed by atoms with van der Waals surface area (Å²) in [7, 11) is 0. The van der Waals surface area contributed by atoms with Crippen LogP contribution in [0.3, 0.4) is 0 Å². The molecule has 0 radical (unpaired) electrons. The van der Waals surface area contributed by atoms with E-state index in [0.717, 1.165) is 0 Å². The topological polar surface area (TPSA) is 214 Å². The van der Waals surface area contributed by atoms with Crippen molar-refractivity contribution in [2.24, 2.45) is 17.4 Å². The molecule has 40 heavy (non-hydrogen) atoms. The first kappa shape index (κ1) is 32.1. The first-order valence-electron chi connectivity index (χ1n) is 12.8. The SMILES string of the molecule is CC(C)CC(NC(=O)C(Cc1ccccc1)NC(N)C(=O)C(=O)CNC(=O)C(N)Cc1ccc(O)cc1)C(=O)O. The van der Waals surface area contributed by atoms with Gasteiger partial charge in [0.1, 0.15) is 18.0 Å². The van der Waals surface area contributed by atoms with Gasteiger partial charge in [0.15, 0.2) is 0 Å². The number of carbonyl (C=O) groups excluding carboxylic acids is 4. The van der Waals surface area contributed by atoms with Gasteiger partial charge in [-0.3, -0.25) is 24.5 Å². The van der Waals surface area contributed by atoms with Crippen molar-refractivity contribution in [3.63, 3.8) is 0 Å². The molecular formula is C28H37N5O7. The average molecular weight is 556 g/mol. The van der Waals surface area contributed by atoms with Crippen molar-refractivity contribution in [2.75, 3.05) is 6.54 Å². The molecule has 0 saturated carbocycles. The van der Waals surface area contributed by atoms with E-state index in [2.05, 4.69) is 16.0 Å². The Morgan fingerprint density at radius 2 is 1.43 bits per heavy atom. The number of carboxylic acids is 1. The van der Waals surface area contributed by atoms with Crippen molar-refractivity contribution in [2.45, 2.75) is 57.4 Å². The van der Waals surface area contributed by atoms with E-state index in [9.17, 15) is 34.2 Å². The number of Topliss-reactive ketones (excluding diaryl/α,β-unsaturated/α-hetero) is 2. The van der Waals surface area contributed by atoms with E-state index in [-0.39, 0.29) is 30.9 Å². The minimum Gasteiger partial charge on any atom is -0.508 e. The summed E-state index contributed by atoms with van der Waals surface area (Å²) in [6, 6.07) is 11.6. The van der Waals surface area contributed by atoms with E-state index < -0.39 is 60.2 Å². The fourth-order valence-electron chi connectivity index (χ4n) is 3.87. The Morgan fingerprint density at radius 1 is 0.825 bits per heavy atom. The Morgan fingerprint density at radius 3 is 2.00 bits per heavy atom. The highest BCUT2D eigenvalue weighted by Gasteiger charge is 2.30. The van der Waals surface area contributed by atoms with Gasteiger partial charge in [-0.25, -0.2) is 4.79 Å². The molecule has 4 unspecified atom stereocenters. The Bertz CT molecular complexity index is 1170. The molecule has 0 heterocycles. The molecule has 9 N–H and O–H groups in total. The summed E-state index contributed by atoms with van der Waals surface area (Å²) in [4.78, 5) is 62.2. The van der Waals surface area contributed by atoms with Gasteiger partial charge < -0.3 is 32.3 Å². The van der Waals surface area contributed by atoms with Crippen LogP contribution < -0.4 is 27.4 Å². The number of carboxylic acid groups (broad SMARTS) is 1. The van der Waals surface area contributed by atoms with E-state index >= 15 is 0 Å². The maximum Gasteiger partial charge on any atom is 0.326 e. The van der Waals surface area contributed by atoms with E-state index in [0.29, 0.717) is 11.1 Å². The highest BCUT2D eigenvalue weighted by molar-refractivity contribution is 6.40. The summed E-state index contributed by atoms with van der Waals surface area (Å²) < 4.78 is 0. The lowest BCUT2D eigenvalue weighted by Gasteiger charge is -2.24. The van der Waals surface area contributed by atoms with Gasteiger partial charge in [-0.1, -0.05) is 56.3 Å². The second-order valence-corrected chi connectivity index (χ2v) is 9.90. The molecule has 0 aliphatic carbocycles. The fourth-order valence-corrected chi connectivity index (χ4v) is 3.87. The van der Waals surface area contributed by atoms with E-state index in [1.54, 1.807) is 42.5 Å². The third kappa shape index (κ3) is 10.6. The third-order valence-corrected chi connectivity index (χ3v) is 6.01. The highest BCUT2D eigenvalue weighted by Crippen LogP contribution is 2.11. The number of benzene rings is 2. The lowest BCUT2D eigenvalue weighted by Crippen LogP contribution is -2.59. The lowest BCUT2D eigenvalue weighted by atomic mass is 10.0. The Balaban J connectivity index is 2.01. The van der Waals surface area contributed by atoms with Gasteiger partial charge >= 0.3 is 5.97 Å². The minimum absolute atomic E-state index is 0.00666. The molecule has 0 aromatic heterocycles. The molecule has 2 aromatic carbocycles. The van der Waals surface area contributed by atoms with Gasteiger partial charge in [0.05, 0.1) is 18.6 Å². The number of hydrogen-bond acceptors (Lipinski definition) is 9. The Hall–Kier alpha value is -4.13. The number of carbonyl (C=O) groups is 5. The van der Waals surface area contributed by atoms with Gasteiger partial charge in [-0.2, -0.15) is 0 Å². The second-order valence-electron chi connectivity index (χ2n) is 9.90. The number of nitrogens with two attached hydrogens (primary N) is 2. The predicted octanol–water partition coefficient (Wildman–Crippen LogP) is -0.382. The standard InChI is InChI=1S/C28H37N5O7/c1-16(2)12-22(28(39)40)33-27(38)21(14-17-6-4-3-5-7-17)32-25(30)24(36)23(35)15-31-26(37)20(29)13-18-8-10-19(34)11-9-18/h3-11,16,20-22,25,32,34H,12-15,29-30H2,1-2H3,(H,31,37)(H,33,38)(H,39,40). The van der Waals surface area contributed by atoms with Crippen molar-refractivity contribution in [3.05, 3.63) is 65.7 Å². The molecule has 2 aromatic rings. The normalized spacial score (nSPS) is 14.0. The summed E-state index contributed by atoms with van der Waals surface area (Å²) in [5.74, 6) is -4.58. The van der Waals surface area contributed by atoms with Gasteiger partial charge in [0.2, 0.25) is 23.4 Å². The summed E-state index contributed by atoms with van der Waals surface area (Å²) in [5.41, 5.74) is 13.2. The van der Waals surface area contributed by atoms with Gasteiger partial charge in [0.25, 0.3) is 0 Å². The zero-order chi connectivity index (χ0) is 29.8. The molecule has 0 aliphatic rings. The largest absolute Gasteiger partial charge is 0.508 e. The lowest BCUT2D eigenvalue weighted by molar-refractivity contribution is -0.142. The Kier molecular flexibility index (Phi) is 12.4. The van der Waals surface area contributed by atoms with Crippen LogP contribution in [0.4, 0.5) is 0 Å². The van der Waals surface area contributed by atoms with Crippen LogP contribution in [0.25, 0.3) is 0 Å². The average Bonchev–Trinajstić information content (AvgIpc) is 2.91. The highest BCUT2D eigenvalue weighted by atomic mass is 16.4. The molecule has 0 bridgehead atoms. The van der Waals surface area contributed by atoms with Crippen LogP contribution in [0.1, 0.15) is 31.4 Å². The molecule has 0 aliphatic heterocycles. The monoisotopic (exact) mass is 555 g/mol. The number of phenols is 1. The number of aromatic hydroxyl groups is 1. The van der Waals surface area contributed by atoms with Crippen LogP contribution in [-0.4, -0.2) is 70.4 Å². The number of hydrogen-bond donors (Lipinski definition) is 7. The van der Waals surface area contributed by atoms with Crippen molar-refractivity contribution >= 4 is 29.4 Å². The molecule has 12 heteroatoms. The van der Waals surface area contributed by atoms with Crippen molar-refractivity contribution < 1.29 is 34.2 Å². The predicted molar refractivity (Wildman–Crippen MR) is 147 cm³/mol. The minimum atomic E-state index is -1.59. The molecule has 4 atom stereocenters. The quantitative estimate of drug-likeness (QED) is 0.105. The maximum absolute atomic E-state index is 13.1. The van der Waals surface area contributed by atoms with Crippen LogP contribution in [0.5, 0.6) is 5.75 Å². The molecular weight excluding hydrogens is 518 g/mol. The number of rotatable bonds is 16. The molecule has 12 nitrogen and oxygen atoms in total. The molecule has 2 rings (SSSR count). The van der Waals surface area contributed by atoms with Gasteiger partial charge in [-0.15, -0.1) is 0 Å². The zero-order valence-electron chi connectivity index (χ0n) is 22.5. The summed E-state index contributed by atoms with van der Waals surface area (Å²) in [6.07, 6.45) is -1.20. The first-order chi connectivity index (χ1) is 18.9.